The third kappa shape index (κ3) is 4.84. The van der Waals surface area contributed by atoms with Crippen molar-refractivity contribution < 1.29 is 0 Å². The fourth-order valence-electron chi connectivity index (χ4n) is 1.48. The van der Waals surface area contributed by atoms with Crippen LogP contribution in [0, 0.1) is 0 Å². The lowest BCUT2D eigenvalue weighted by molar-refractivity contribution is 0.796. The lowest BCUT2D eigenvalue weighted by atomic mass is 9.97. The summed E-state index contributed by atoms with van der Waals surface area (Å²) in [6, 6.07) is 10.4. The Hall–Kier alpha value is -1.02. The molecule has 2 nitrogen and oxygen atoms in total. The van der Waals surface area contributed by atoms with Gasteiger partial charge in [-0.05, 0) is 18.4 Å². The minimum absolute atomic E-state index is 0. The second kappa shape index (κ2) is 7.30. The van der Waals surface area contributed by atoms with Crippen molar-refractivity contribution in [3.8, 4) is 0 Å². The molecule has 1 aromatic rings. The molecule has 2 N–H and O–H groups in total. The summed E-state index contributed by atoms with van der Waals surface area (Å²) in [7, 11) is 0. The highest BCUT2D eigenvalue weighted by molar-refractivity contribution is 5.85. The van der Waals surface area contributed by atoms with E-state index in [9.17, 15) is 0 Å². The molecule has 1 aromatic carbocycles. The van der Waals surface area contributed by atoms with Gasteiger partial charge < -0.3 is 5.73 Å². The Labute approximate surface area is 98.0 Å². The van der Waals surface area contributed by atoms with Gasteiger partial charge in [-0.3, -0.25) is 4.99 Å². The van der Waals surface area contributed by atoms with Gasteiger partial charge in [0.2, 0.25) is 0 Å². The topological polar surface area (TPSA) is 38.4 Å². The van der Waals surface area contributed by atoms with Crippen molar-refractivity contribution in [3.05, 3.63) is 35.9 Å². The van der Waals surface area contributed by atoms with E-state index >= 15 is 0 Å². The highest BCUT2D eigenvalue weighted by Gasteiger charge is 2.06. The van der Waals surface area contributed by atoms with Gasteiger partial charge in [0.05, 0.1) is 5.84 Å². The van der Waals surface area contributed by atoms with Gasteiger partial charge in [-0.2, -0.15) is 0 Å². The maximum Gasteiger partial charge on any atom is 0.0942 e. The molecule has 0 aromatic heterocycles. The van der Waals surface area contributed by atoms with Crippen molar-refractivity contribution in [2.45, 2.75) is 26.2 Å². The number of aliphatic imine (C=N–C) groups is 1. The third-order valence-electron chi connectivity index (χ3n) is 2.25. The molecule has 0 saturated carbocycles. The Morgan fingerprint density at radius 3 is 2.47 bits per heavy atom. The van der Waals surface area contributed by atoms with E-state index in [2.05, 4.69) is 36.2 Å². The molecule has 0 fully saturated rings. The molecule has 0 bridgehead atoms. The van der Waals surface area contributed by atoms with Crippen molar-refractivity contribution in [2.75, 3.05) is 6.54 Å². The maximum absolute atomic E-state index is 5.77. The van der Waals surface area contributed by atoms with E-state index in [-0.39, 0.29) is 12.4 Å². The van der Waals surface area contributed by atoms with Gasteiger partial charge in [-0.1, -0.05) is 37.3 Å². The summed E-state index contributed by atoms with van der Waals surface area (Å²) in [6.07, 6.45) is 0.845. The summed E-state index contributed by atoms with van der Waals surface area (Å²) in [6.45, 7) is 4.95. The number of amidine groups is 1. The van der Waals surface area contributed by atoms with E-state index in [4.69, 9.17) is 5.73 Å². The number of hydrogen-bond donors (Lipinski definition) is 1. The van der Waals surface area contributed by atoms with Crippen molar-refractivity contribution >= 4 is 18.2 Å². The van der Waals surface area contributed by atoms with E-state index in [1.54, 1.807) is 0 Å². The molecule has 15 heavy (non-hydrogen) atoms. The predicted molar refractivity (Wildman–Crippen MR) is 68.9 cm³/mol. The first-order valence-electron chi connectivity index (χ1n) is 5.07. The van der Waals surface area contributed by atoms with Crippen LogP contribution in [0.5, 0.6) is 0 Å². The van der Waals surface area contributed by atoms with Crippen molar-refractivity contribution in [2.24, 2.45) is 10.7 Å². The molecular weight excluding hydrogens is 208 g/mol. The summed E-state index contributed by atoms with van der Waals surface area (Å²) in [5, 5.41) is 0. The highest BCUT2D eigenvalue weighted by Crippen LogP contribution is 2.17. The summed E-state index contributed by atoms with van der Waals surface area (Å²) in [5.74, 6) is 1.20. The van der Waals surface area contributed by atoms with E-state index < -0.39 is 0 Å². The number of rotatable bonds is 4. The number of nitrogens with two attached hydrogens (primary N) is 1. The Morgan fingerprint density at radius 1 is 1.33 bits per heavy atom. The van der Waals surface area contributed by atoms with Crippen LogP contribution in [0.1, 0.15) is 31.7 Å². The highest BCUT2D eigenvalue weighted by atomic mass is 35.5. The molecule has 1 unspecified atom stereocenters. The number of halogens is 1. The summed E-state index contributed by atoms with van der Waals surface area (Å²) in [5.41, 5.74) is 7.09. The zero-order chi connectivity index (χ0) is 10.4. The zero-order valence-corrected chi connectivity index (χ0v) is 10.1. The first-order chi connectivity index (χ1) is 6.74. The smallest absolute Gasteiger partial charge is 0.0942 e. The summed E-state index contributed by atoms with van der Waals surface area (Å²) < 4.78 is 0. The van der Waals surface area contributed by atoms with Gasteiger partial charge in [0.1, 0.15) is 0 Å². The monoisotopic (exact) mass is 226 g/mol. The summed E-state index contributed by atoms with van der Waals surface area (Å²) >= 11 is 0. The number of hydrogen-bond acceptors (Lipinski definition) is 1. The average Bonchev–Trinajstić information content (AvgIpc) is 2.19. The molecule has 0 spiro atoms. The molecular formula is C12H19ClN2. The van der Waals surface area contributed by atoms with Crippen LogP contribution in [0.4, 0.5) is 0 Å². The fourth-order valence-corrected chi connectivity index (χ4v) is 1.48. The van der Waals surface area contributed by atoms with Crippen LogP contribution in [-0.2, 0) is 0 Å². The fraction of sp³-hybridized carbons (Fsp3) is 0.417. The van der Waals surface area contributed by atoms with Crippen LogP contribution in [-0.4, -0.2) is 12.4 Å². The number of benzene rings is 1. The van der Waals surface area contributed by atoms with Crippen LogP contribution >= 0.6 is 12.4 Å². The first kappa shape index (κ1) is 14.0. The van der Waals surface area contributed by atoms with Crippen molar-refractivity contribution in [1.29, 1.82) is 0 Å². The first-order valence-corrected chi connectivity index (χ1v) is 5.07. The lowest BCUT2D eigenvalue weighted by Gasteiger charge is -2.10. The zero-order valence-electron chi connectivity index (χ0n) is 9.31. The quantitative estimate of drug-likeness (QED) is 0.622. The normalized spacial score (nSPS) is 13.1. The predicted octanol–water partition coefficient (Wildman–Crippen LogP) is 2.98. The van der Waals surface area contributed by atoms with E-state index in [1.165, 1.54) is 5.56 Å². The molecule has 0 radical (unpaired) electrons. The van der Waals surface area contributed by atoms with Crippen LogP contribution in [0.2, 0.25) is 0 Å². The Kier molecular flexibility index (Phi) is 6.80. The van der Waals surface area contributed by atoms with Crippen LogP contribution in [0.3, 0.4) is 0 Å². The van der Waals surface area contributed by atoms with Crippen LogP contribution in [0.15, 0.2) is 35.3 Å². The van der Waals surface area contributed by atoms with Crippen LogP contribution < -0.4 is 5.73 Å². The Balaban J connectivity index is 0.00000196. The molecule has 0 aliphatic rings. The van der Waals surface area contributed by atoms with Crippen molar-refractivity contribution in [1.82, 2.24) is 0 Å². The maximum atomic E-state index is 5.77. The molecule has 84 valence electrons. The number of nitrogens with zero attached hydrogens (tertiary/aromatic N) is 1. The molecule has 0 amide bonds. The molecule has 0 heterocycles. The molecule has 0 saturated heterocycles. The van der Waals surface area contributed by atoms with Gasteiger partial charge in [0.15, 0.2) is 0 Å². The minimum atomic E-state index is 0. The second-order valence-electron chi connectivity index (χ2n) is 3.48. The van der Waals surface area contributed by atoms with Crippen LogP contribution in [0.25, 0.3) is 0 Å². The van der Waals surface area contributed by atoms with E-state index in [0.717, 1.165) is 18.8 Å². The Morgan fingerprint density at radius 2 is 1.93 bits per heavy atom. The largest absolute Gasteiger partial charge is 0.387 e. The van der Waals surface area contributed by atoms with Gasteiger partial charge in [-0.15, -0.1) is 12.4 Å². The molecule has 1 atom stereocenters. The van der Waals surface area contributed by atoms with Gasteiger partial charge in [0.25, 0.3) is 0 Å². The minimum Gasteiger partial charge on any atom is -0.387 e. The van der Waals surface area contributed by atoms with E-state index in [0.29, 0.717) is 5.92 Å². The SMILES string of the molecule is CCN=C(N)CC(C)c1ccccc1.Cl. The van der Waals surface area contributed by atoms with Crippen molar-refractivity contribution in [3.63, 3.8) is 0 Å². The van der Waals surface area contributed by atoms with Gasteiger partial charge in [-0.25, -0.2) is 0 Å². The standard InChI is InChI=1S/C12H18N2.ClH/c1-3-14-12(13)9-10(2)11-7-5-4-6-8-11;/h4-8,10H,3,9H2,1-2H3,(H2,13,14);1H. The molecule has 1 rings (SSSR count). The van der Waals surface area contributed by atoms with Gasteiger partial charge >= 0.3 is 0 Å². The van der Waals surface area contributed by atoms with E-state index in [1.807, 2.05) is 13.0 Å². The molecule has 0 aliphatic heterocycles. The van der Waals surface area contributed by atoms with Gasteiger partial charge in [0, 0.05) is 13.0 Å². The second-order valence-corrected chi connectivity index (χ2v) is 3.48. The summed E-state index contributed by atoms with van der Waals surface area (Å²) in [4.78, 5) is 4.18. The Bertz CT molecular complexity index is 296. The lowest BCUT2D eigenvalue weighted by Crippen LogP contribution is -2.15. The molecule has 3 heteroatoms. The third-order valence-corrected chi connectivity index (χ3v) is 2.25. The average molecular weight is 227 g/mol. The molecule has 0 aliphatic carbocycles.